The van der Waals surface area contributed by atoms with E-state index in [1.54, 1.807) is 0 Å². The minimum Gasteiger partial charge on any atom is -0.489 e. The van der Waals surface area contributed by atoms with Crippen molar-refractivity contribution in [1.29, 1.82) is 0 Å². The van der Waals surface area contributed by atoms with Crippen molar-refractivity contribution in [2.75, 3.05) is 44.8 Å². The zero-order valence-electron chi connectivity index (χ0n) is 10.1. The summed E-state index contributed by atoms with van der Waals surface area (Å²) in [6, 6.07) is 5.64. The fraction of sp³-hybridized carbons (Fsp3) is 0.462. The van der Waals surface area contributed by atoms with E-state index in [9.17, 15) is 4.79 Å². The summed E-state index contributed by atoms with van der Waals surface area (Å²) >= 11 is 0. The van der Waals surface area contributed by atoms with Crippen LogP contribution in [0.3, 0.4) is 0 Å². The highest BCUT2D eigenvalue weighted by Gasteiger charge is 2.24. The molecule has 3 rings (SSSR count). The largest absolute Gasteiger partial charge is 0.489 e. The number of para-hydroxylation sites is 1. The van der Waals surface area contributed by atoms with Crippen LogP contribution in [0.2, 0.25) is 0 Å². The molecule has 2 aliphatic heterocycles. The molecule has 18 heavy (non-hydrogen) atoms. The molecule has 1 aromatic rings. The second-order valence-electron chi connectivity index (χ2n) is 4.36. The molecule has 0 saturated carbocycles. The lowest BCUT2D eigenvalue weighted by Crippen LogP contribution is -2.41. The van der Waals surface area contributed by atoms with Crippen molar-refractivity contribution in [3.8, 4) is 5.75 Å². The van der Waals surface area contributed by atoms with E-state index in [1.165, 1.54) is 0 Å². The number of morpholine rings is 1. The number of benzene rings is 1. The summed E-state index contributed by atoms with van der Waals surface area (Å²) in [5, 5.41) is 3.24. The maximum Gasteiger partial charge on any atom is 0.257 e. The first-order chi connectivity index (χ1) is 8.86. The van der Waals surface area contributed by atoms with Crippen LogP contribution in [0.1, 0.15) is 10.4 Å². The van der Waals surface area contributed by atoms with E-state index in [-0.39, 0.29) is 5.91 Å². The van der Waals surface area contributed by atoms with E-state index >= 15 is 0 Å². The third kappa shape index (κ3) is 2.01. The molecule has 0 aliphatic carbocycles. The Morgan fingerprint density at radius 3 is 2.89 bits per heavy atom. The highest BCUT2D eigenvalue weighted by Crippen LogP contribution is 2.32. The SMILES string of the molecule is O=C(c1cccc2c1OCCN2)N1CCOCC1. The van der Waals surface area contributed by atoms with Gasteiger partial charge in [0.15, 0.2) is 5.75 Å². The van der Waals surface area contributed by atoms with Crippen molar-refractivity contribution in [2.24, 2.45) is 0 Å². The van der Waals surface area contributed by atoms with Crippen molar-refractivity contribution in [1.82, 2.24) is 4.90 Å². The van der Waals surface area contributed by atoms with Gasteiger partial charge in [-0.25, -0.2) is 0 Å². The van der Waals surface area contributed by atoms with Gasteiger partial charge in [-0.05, 0) is 12.1 Å². The van der Waals surface area contributed by atoms with E-state index in [4.69, 9.17) is 9.47 Å². The Morgan fingerprint density at radius 2 is 2.06 bits per heavy atom. The molecule has 5 heteroatoms. The molecule has 0 aromatic heterocycles. The van der Waals surface area contributed by atoms with Gasteiger partial charge in [0.05, 0.1) is 24.5 Å². The van der Waals surface area contributed by atoms with Gasteiger partial charge in [0.1, 0.15) is 6.61 Å². The molecular formula is C13H16N2O3. The molecular weight excluding hydrogens is 232 g/mol. The molecule has 1 aromatic carbocycles. The topological polar surface area (TPSA) is 50.8 Å². The fourth-order valence-electron chi connectivity index (χ4n) is 2.28. The van der Waals surface area contributed by atoms with Crippen LogP contribution < -0.4 is 10.1 Å². The number of nitrogens with zero attached hydrogens (tertiary/aromatic N) is 1. The zero-order chi connectivity index (χ0) is 12.4. The molecule has 0 radical (unpaired) electrons. The Morgan fingerprint density at radius 1 is 1.22 bits per heavy atom. The lowest BCUT2D eigenvalue weighted by atomic mass is 10.1. The molecule has 0 bridgehead atoms. The first-order valence-corrected chi connectivity index (χ1v) is 6.23. The lowest BCUT2D eigenvalue weighted by Gasteiger charge is -2.28. The molecule has 2 aliphatic rings. The number of hydrogen-bond donors (Lipinski definition) is 1. The summed E-state index contributed by atoms with van der Waals surface area (Å²) in [5.74, 6) is 0.707. The minimum atomic E-state index is 0.0267. The van der Waals surface area contributed by atoms with E-state index in [0.29, 0.717) is 44.2 Å². The van der Waals surface area contributed by atoms with Gasteiger partial charge in [-0.1, -0.05) is 6.07 Å². The van der Waals surface area contributed by atoms with Gasteiger partial charge in [0.25, 0.3) is 5.91 Å². The molecule has 1 saturated heterocycles. The Labute approximate surface area is 106 Å². The molecule has 2 heterocycles. The van der Waals surface area contributed by atoms with Gasteiger partial charge in [-0.3, -0.25) is 4.79 Å². The second kappa shape index (κ2) is 4.86. The Bertz CT molecular complexity index is 456. The number of hydrogen-bond acceptors (Lipinski definition) is 4. The van der Waals surface area contributed by atoms with Crippen LogP contribution >= 0.6 is 0 Å². The summed E-state index contributed by atoms with van der Waals surface area (Å²) in [6.07, 6.45) is 0. The standard InChI is InChI=1S/C13H16N2O3/c16-13(15-5-8-17-9-6-15)10-2-1-3-11-12(10)18-7-4-14-11/h1-3,14H,4-9H2. The Balaban J connectivity index is 1.89. The average Bonchev–Trinajstić information content (AvgIpc) is 2.47. The summed E-state index contributed by atoms with van der Waals surface area (Å²) < 4.78 is 10.9. The summed E-state index contributed by atoms with van der Waals surface area (Å²) in [4.78, 5) is 14.3. The van der Waals surface area contributed by atoms with Gasteiger partial charge in [0, 0.05) is 19.6 Å². The monoisotopic (exact) mass is 248 g/mol. The van der Waals surface area contributed by atoms with Gasteiger partial charge in [-0.2, -0.15) is 0 Å². The van der Waals surface area contributed by atoms with Crippen molar-refractivity contribution in [2.45, 2.75) is 0 Å². The van der Waals surface area contributed by atoms with E-state index in [0.717, 1.165) is 12.2 Å². The van der Waals surface area contributed by atoms with Crippen molar-refractivity contribution < 1.29 is 14.3 Å². The van der Waals surface area contributed by atoms with Gasteiger partial charge in [-0.15, -0.1) is 0 Å². The van der Waals surface area contributed by atoms with Crippen LogP contribution in [0.5, 0.6) is 5.75 Å². The summed E-state index contributed by atoms with van der Waals surface area (Å²) in [6.45, 7) is 3.90. The molecule has 0 atom stereocenters. The van der Waals surface area contributed by atoms with Gasteiger partial charge in [0.2, 0.25) is 0 Å². The normalized spacial score (nSPS) is 18.6. The number of anilines is 1. The van der Waals surface area contributed by atoms with Crippen molar-refractivity contribution in [3.05, 3.63) is 23.8 Å². The number of rotatable bonds is 1. The first-order valence-electron chi connectivity index (χ1n) is 6.23. The highest BCUT2D eigenvalue weighted by atomic mass is 16.5. The third-order valence-electron chi connectivity index (χ3n) is 3.21. The summed E-state index contributed by atoms with van der Waals surface area (Å²) in [7, 11) is 0. The Kier molecular flexibility index (Phi) is 3.06. The van der Waals surface area contributed by atoms with Crippen LogP contribution in [-0.4, -0.2) is 50.3 Å². The Hall–Kier alpha value is -1.75. The fourth-order valence-corrected chi connectivity index (χ4v) is 2.28. The predicted octanol–water partition coefficient (Wildman–Crippen LogP) is 0.963. The molecule has 0 unspecified atom stereocenters. The molecule has 1 amide bonds. The maximum absolute atomic E-state index is 12.4. The van der Waals surface area contributed by atoms with Crippen molar-refractivity contribution in [3.63, 3.8) is 0 Å². The molecule has 5 nitrogen and oxygen atoms in total. The number of fused-ring (bicyclic) bond motifs is 1. The molecule has 1 fully saturated rings. The molecule has 1 N–H and O–H groups in total. The lowest BCUT2D eigenvalue weighted by molar-refractivity contribution is 0.0300. The maximum atomic E-state index is 12.4. The summed E-state index contributed by atoms with van der Waals surface area (Å²) in [5.41, 5.74) is 1.54. The predicted molar refractivity (Wildman–Crippen MR) is 67.1 cm³/mol. The van der Waals surface area contributed by atoms with Crippen LogP contribution in [0.4, 0.5) is 5.69 Å². The van der Waals surface area contributed by atoms with Crippen LogP contribution in [0.15, 0.2) is 18.2 Å². The van der Waals surface area contributed by atoms with Crippen LogP contribution in [0.25, 0.3) is 0 Å². The van der Waals surface area contributed by atoms with Crippen molar-refractivity contribution >= 4 is 11.6 Å². The average molecular weight is 248 g/mol. The second-order valence-corrected chi connectivity index (χ2v) is 4.36. The van der Waals surface area contributed by atoms with Gasteiger partial charge < -0.3 is 19.7 Å². The zero-order valence-corrected chi connectivity index (χ0v) is 10.1. The van der Waals surface area contributed by atoms with Crippen LogP contribution in [0, 0.1) is 0 Å². The number of amides is 1. The third-order valence-corrected chi connectivity index (χ3v) is 3.21. The van der Waals surface area contributed by atoms with E-state index < -0.39 is 0 Å². The first kappa shape index (κ1) is 11.3. The number of carbonyl (C=O) groups excluding carboxylic acids is 1. The minimum absolute atomic E-state index is 0.0267. The number of carbonyl (C=O) groups is 1. The van der Waals surface area contributed by atoms with Crippen LogP contribution in [-0.2, 0) is 4.74 Å². The quantitative estimate of drug-likeness (QED) is 0.804. The molecule has 96 valence electrons. The highest BCUT2D eigenvalue weighted by molar-refractivity contribution is 5.99. The van der Waals surface area contributed by atoms with E-state index in [1.807, 2.05) is 23.1 Å². The smallest absolute Gasteiger partial charge is 0.257 e. The number of nitrogens with one attached hydrogen (secondary N) is 1. The van der Waals surface area contributed by atoms with Gasteiger partial charge >= 0.3 is 0 Å². The molecule has 0 spiro atoms. The van der Waals surface area contributed by atoms with E-state index in [2.05, 4.69) is 5.32 Å². The number of ether oxygens (including phenoxy) is 2.